The zero-order chi connectivity index (χ0) is 15.8. The Kier molecular flexibility index (Phi) is 7.15. The van der Waals surface area contributed by atoms with Gasteiger partial charge in [-0.3, -0.25) is 9.78 Å². The molecule has 0 spiro atoms. The van der Waals surface area contributed by atoms with Crippen molar-refractivity contribution in [1.82, 2.24) is 14.8 Å². The molecular formula is C16H28N4O. The molecule has 0 unspecified atom stereocenters. The summed E-state index contributed by atoms with van der Waals surface area (Å²) in [6.45, 7) is 6.43. The van der Waals surface area contributed by atoms with Gasteiger partial charge in [-0.25, -0.2) is 0 Å². The molecule has 0 fully saturated rings. The first-order chi connectivity index (χ1) is 9.91. The fourth-order valence-corrected chi connectivity index (χ4v) is 1.86. The monoisotopic (exact) mass is 292 g/mol. The maximum Gasteiger partial charge on any atom is 0.272 e. The highest BCUT2D eigenvalue weighted by atomic mass is 16.2. The maximum atomic E-state index is 11.8. The van der Waals surface area contributed by atoms with Crippen molar-refractivity contribution >= 4 is 11.6 Å². The number of amides is 1. The van der Waals surface area contributed by atoms with Gasteiger partial charge in [0.1, 0.15) is 5.69 Å². The van der Waals surface area contributed by atoms with Crippen LogP contribution in [0.3, 0.4) is 0 Å². The van der Waals surface area contributed by atoms with Gasteiger partial charge >= 0.3 is 0 Å². The van der Waals surface area contributed by atoms with Crippen molar-refractivity contribution in [2.75, 3.05) is 39.5 Å². The van der Waals surface area contributed by atoms with Crippen LogP contribution in [0.15, 0.2) is 18.3 Å². The van der Waals surface area contributed by atoms with Gasteiger partial charge in [0.2, 0.25) is 0 Å². The summed E-state index contributed by atoms with van der Waals surface area (Å²) >= 11 is 0. The molecule has 0 radical (unpaired) electrons. The highest BCUT2D eigenvalue weighted by molar-refractivity contribution is 5.92. The van der Waals surface area contributed by atoms with Crippen LogP contribution >= 0.6 is 0 Å². The SMILES string of the molecule is CC(C)N(C)CCCCNc1ccnc(C(=O)N(C)C)c1. The van der Waals surface area contributed by atoms with Gasteiger partial charge in [-0.15, -0.1) is 0 Å². The normalized spacial score (nSPS) is 11.0. The van der Waals surface area contributed by atoms with E-state index < -0.39 is 0 Å². The minimum atomic E-state index is -0.0720. The molecule has 0 bridgehead atoms. The molecule has 0 aliphatic heterocycles. The van der Waals surface area contributed by atoms with Crippen molar-refractivity contribution in [3.63, 3.8) is 0 Å². The summed E-state index contributed by atoms with van der Waals surface area (Å²) in [6, 6.07) is 4.30. The lowest BCUT2D eigenvalue weighted by Crippen LogP contribution is -2.27. The number of nitrogens with zero attached hydrogens (tertiary/aromatic N) is 3. The van der Waals surface area contributed by atoms with Gasteiger partial charge in [-0.1, -0.05) is 0 Å². The molecule has 1 aromatic rings. The number of carbonyl (C=O) groups excluding carboxylic acids is 1. The molecular weight excluding hydrogens is 264 g/mol. The Labute approximate surface area is 128 Å². The van der Waals surface area contributed by atoms with Crippen LogP contribution in [-0.2, 0) is 0 Å². The molecule has 5 heteroatoms. The summed E-state index contributed by atoms with van der Waals surface area (Å²) in [5, 5.41) is 3.35. The van der Waals surface area contributed by atoms with Crippen molar-refractivity contribution in [3.8, 4) is 0 Å². The van der Waals surface area contributed by atoms with E-state index in [0.717, 1.165) is 31.6 Å². The first kappa shape index (κ1) is 17.4. The Morgan fingerprint density at radius 2 is 2.00 bits per heavy atom. The number of hydrogen-bond donors (Lipinski definition) is 1. The van der Waals surface area contributed by atoms with Crippen molar-refractivity contribution in [3.05, 3.63) is 24.0 Å². The zero-order valence-corrected chi connectivity index (χ0v) is 13.9. The predicted molar refractivity (Wildman–Crippen MR) is 87.7 cm³/mol. The Hall–Kier alpha value is -1.62. The van der Waals surface area contributed by atoms with Crippen LogP contribution in [0.4, 0.5) is 5.69 Å². The van der Waals surface area contributed by atoms with Crippen LogP contribution in [0.25, 0.3) is 0 Å². The van der Waals surface area contributed by atoms with Gasteiger partial charge in [0, 0.05) is 38.6 Å². The van der Waals surface area contributed by atoms with Crippen LogP contribution < -0.4 is 5.32 Å². The van der Waals surface area contributed by atoms with Crippen LogP contribution in [0.5, 0.6) is 0 Å². The van der Waals surface area contributed by atoms with E-state index in [0.29, 0.717) is 11.7 Å². The quantitative estimate of drug-likeness (QED) is 0.747. The first-order valence-electron chi connectivity index (χ1n) is 7.53. The first-order valence-corrected chi connectivity index (χ1v) is 7.53. The van der Waals surface area contributed by atoms with E-state index in [2.05, 4.69) is 36.1 Å². The van der Waals surface area contributed by atoms with Gasteiger partial charge in [0.25, 0.3) is 5.91 Å². The number of pyridine rings is 1. The highest BCUT2D eigenvalue weighted by Crippen LogP contribution is 2.09. The van der Waals surface area contributed by atoms with Crippen LogP contribution in [-0.4, -0.2) is 61.0 Å². The van der Waals surface area contributed by atoms with Crippen molar-refractivity contribution in [2.24, 2.45) is 0 Å². The Balaban J connectivity index is 2.36. The Bertz CT molecular complexity index is 446. The number of nitrogens with one attached hydrogen (secondary N) is 1. The second kappa shape index (κ2) is 8.62. The minimum absolute atomic E-state index is 0.0720. The van der Waals surface area contributed by atoms with E-state index in [1.165, 1.54) is 4.90 Å². The van der Waals surface area contributed by atoms with Gasteiger partial charge < -0.3 is 15.1 Å². The lowest BCUT2D eigenvalue weighted by molar-refractivity contribution is 0.0822. The molecule has 0 atom stereocenters. The molecule has 1 amide bonds. The topological polar surface area (TPSA) is 48.5 Å². The van der Waals surface area contributed by atoms with Gasteiger partial charge in [-0.2, -0.15) is 0 Å². The molecule has 1 heterocycles. The molecule has 1 rings (SSSR count). The molecule has 0 aliphatic rings. The fraction of sp³-hybridized carbons (Fsp3) is 0.625. The van der Waals surface area contributed by atoms with Crippen molar-refractivity contribution in [2.45, 2.75) is 32.7 Å². The summed E-state index contributed by atoms with van der Waals surface area (Å²) in [5.74, 6) is -0.0720. The van der Waals surface area contributed by atoms with Gasteiger partial charge in [0.05, 0.1) is 0 Å². The summed E-state index contributed by atoms with van der Waals surface area (Å²) in [6.07, 6.45) is 3.94. The molecule has 1 aromatic heterocycles. The molecule has 1 N–H and O–H groups in total. The third-order valence-electron chi connectivity index (χ3n) is 3.53. The number of aromatic nitrogens is 1. The average Bonchev–Trinajstić information content (AvgIpc) is 2.45. The number of carbonyl (C=O) groups is 1. The second-order valence-electron chi connectivity index (χ2n) is 5.84. The summed E-state index contributed by atoms with van der Waals surface area (Å²) in [5.41, 5.74) is 1.43. The lowest BCUT2D eigenvalue weighted by Gasteiger charge is -2.20. The molecule has 0 aromatic carbocycles. The number of unbranched alkanes of at least 4 members (excludes halogenated alkanes) is 1. The van der Waals surface area contributed by atoms with E-state index in [1.807, 2.05) is 12.1 Å². The molecule has 0 saturated heterocycles. The summed E-state index contributed by atoms with van der Waals surface area (Å²) < 4.78 is 0. The molecule has 0 saturated carbocycles. The smallest absolute Gasteiger partial charge is 0.272 e. The van der Waals surface area contributed by atoms with E-state index in [-0.39, 0.29) is 5.91 Å². The second-order valence-corrected chi connectivity index (χ2v) is 5.84. The van der Waals surface area contributed by atoms with E-state index in [1.54, 1.807) is 20.3 Å². The summed E-state index contributed by atoms with van der Waals surface area (Å²) in [7, 11) is 5.62. The van der Waals surface area contributed by atoms with Crippen molar-refractivity contribution < 1.29 is 4.79 Å². The maximum absolute atomic E-state index is 11.8. The standard InChI is InChI=1S/C16H28N4O/c1-13(2)20(5)11-7-6-9-17-14-8-10-18-15(12-14)16(21)19(3)4/h8,10,12-13H,6-7,9,11H2,1-5H3,(H,17,18). The Morgan fingerprint density at radius 3 is 2.62 bits per heavy atom. The largest absolute Gasteiger partial charge is 0.385 e. The molecule has 5 nitrogen and oxygen atoms in total. The Morgan fingerprint density at radius 1 is 1.29 bits per heavy atom. The number of rotatable bonds is 8. The minimum Gasteiger partial charge on any atom is -0.385 e. The van der Waals surface area contributed by atoms with Gasteiger partial charge in [-0.05, 0) is 52.4 Å². The third kappa shape index (κ3) is 6.12. The van der Waals surface area contributed by atoms with Crippen LogP contribution in [0.1, 0.15) is 37.2 Å². The van der Waals surface area contributed by atoms with Gasteiger partial charge in [0.15, 0.2) is 0 Å². The van der Waals surface area contributed by atoms with Crippen LogP contribution in [0.2, 0.25) is 0 Å². The van der Waals surface area contributed by atoms with E-state index >= 15 is 0 Å². The van der Waals surface area contributed by atoms with E-state index in [4.69, 9.17) is 0 Å². The highest BCUT2D eigenvalue weighted by Gasteiger charge is 2.09. The number of anilines is 1. The molecule has 118 valence electrons. The predicted octanol–water partition coefficient (Wildman–Crippen LogP) is 2.32. The lowest BCUT2D eigenvalue weighted by atomic mass is 10.2. The zero-order valence-electron chi connectivity index (χ0n) is 13.9. The molecule has 21 heavy (non-hydrogen) atoms. The fourth-order valence-electron chi connectivity index (χ4n) is 1.86. The van der Waals surface area contributed by atoms with Crippen molar-refractivity contribution in [1.29, 1.82) is 0 Å². The average molecular weight is 292 g/mol. The third-order valence-corrected chi connectivity index (χ3v) is 3.53. The number of hydrogen-bond acceptors (Lipinski definition) is 4. The van der Waals surface area contributed by atoms with E-state index in [9.17, 15) is 4.79 Å². The van der Waals surface area contributed by atoms with Crippen LogP contribution in [0, 0.1) is 0 Å². The summed E-state index contributed by atoms with van der Waals surface area (Å²) in [4.78, 5) is 19.8. The molecule has 0 aliphatic carbocycles.